The monoisotopic (exact) mass is 372 g/mol. The van der Waals surface area contributed by atoms with E-state index in [1.165, 1.54) is 0 Å². The van der Waals surface area contributed by atoms with Gasteiger partial charge in [0.25, 0.3) is 0 Å². The Balaban J connectivity index is 2.52. The summed E-state index contributed by atoms with van der Waals surface area (Å²) < 4.78 is 0. The lowest BCUT2D eigenvalue weighted by atomic mass is 10.4. The molecule has 0 unspecified atom stereocenters. The number of aliphatic hydroxyl groups is 2. The molecular weight excluding hydrogens is 332 g/mol. The zero-order valence-corrected chi connectivity index (χ0v) is 16.8. The lowest BCUT2D eigenvalue weighted by Gasteiger charge is -2.26. The molecule has 1 rings (SSSR count). The van der Waals surface area contributed by atoms with Crippen molar-refractivity contribution < 1.29 is 10.2 Å². The Hall–Kier alpha value is -0.610. The molecule has 1 aliphatic rings. The Bertz CT molecular complexity index is 359. The fourth-order valence-electron chi connectivity index (χ4n) is 2.89. The third-order valence-corrected chi connectivity index (χ3v) is 4.78. The van der Waals surface area contributed by atoms with Crippen LogP contribution in [0.2, 0.25) is 0 Å². The van der Waals surface area contributed by atoms with Crippen LogP contribution in [-0.2, 0) is 0 Å². The van der Waals surface area contributed by atoms with Crippen molar-refractivity contribution in [1.82, 2.24) is 24.9 Å². The number of nitrogens with one attached hydrogen (secondary N) is 1. The van der Waals surface area contributed by atoms with Gasteiger partial charge in [-0.25, -0.2) is 0 Å². The second kappa shape index (κ2) is 15.4. The number of hydrogen-bond donors (Lipinski definition) is 3. The number of β-amino-alcohol motifs (C(OH)–C–C–N with tert-alkyl or cyclic N) is 2. The Morgan fingerprint density at radius 1 is 0.808 bits per heavy atom. The lowest BCUT2D eigenvalue weighted by Crippen LogP contribution is -2.41. The quantitative estimate of drug-likeness (QED) is 0.533. The SMILES string of the molecule is CN1CCNCCN(CCO)CCN(C)CCN=CCN(CCO)CC1. The Labute approximate surface area is 159 Å². The average Bonchev–Trinajstić information content (AvgIpc) is 2.62. The second-order valence-corrected chi connectivity index (χ2v) is 7.03. The van der Waals surface area contributed by atoms with E-state index in [2.05, 4.69) is 44.0 Å². The molecule has 8 nitrogen and oxygen atoms in total. The number of likely N-dealkylation sites (N-methyl/N-ethyl adjacent to an activating group) is 2. The first-order valence-electron chi connectivity index (χ1n) is 9.88. The van der Waals surface area contributed by atoms with Crippen LogP contribution in [0, 0.1) is 0 Å². The highest BCUT2D eigenvalue weighted by atomic mass is 16.3. The summed E-state index contributed by atoms with van der Waals surface area (Å²) in [4.78, 5) is 13.7. The van der Waals surface area contributed by atoms with Gasteiger partial charge in [0.05, 0.1) is 19.8 Å². The standard InChI is InChI=1S/C18H40N6O2/c1-21-7-3-19-5-10-24(16-18-26)14-12-22(2)8-4-20-6-9-23(13-11-21)15-17-25/h5,20,25-26H,3-4,6-18H2,1-2H3. The molecule has 154 valence electrons. The van der Waals surface area contributed by atoms with Gasteiger partial charge in [0.2, 0.25) is 0 Å². The molecule has 0 aromatic rings. The van der Waals surface area contributed by atoms with Gasteiger partial charge in [-0.05, 0) is 14.1 Å². The van der Waals surface area contributed by atoms with Gasteiger partial charge in [0, 0.05) is 84.8 Å². The van der Waals surface area contributed by atoms with E-state index in [1.807, 2.05) is 6.21 Å². The fourth-order valence-corrected chi connectivity index (χ4v) is 2.89. The first-order chi connectivity index (χ1) is 12.7. The summed E-state index contributed by atoms with van der Waals surface area (Å²) in [6.07, 6.45) is 1.98. The zero-order valence-electron chi connectivity index (χ0n) is 16.8. The van der Waals surface area contributed by atoms with Crippen LogP contribution in [0.4, 0.5) is 0 Å². The minimum atomic E-state index is 0.187. The molecule has 0 saturated carbocycles. The lowest BCUT2D eigenvalue weighted by molar-refractivity contribution is 0.177. The van der Waals surface area contributed by atoms with Crippen LogP contribution in [0.15, 0.2) is 4.99 Å². The molecule has 0 fully saturated rings. The molecule has 0 radical (unpaired) electrons. The summed E-state index contributed by atoms with van der Waals surface area (Å²) in [6.45, 7) is 12.1. The van der Waals surface area contributed by atoms with Gasteiger partial charge in [0.15, 0.2) is 0 Å². The summed E-state index contributed by atoms with van der Waals surface area (Å²) in [5, 5.41) is 22.0. The van der Waals surface area contributed by atoms with Crippen LogP contribution in [-0.4, -0.2) is 148 Å². The van der Waals surface area contributed by atoms with Gasteiger partial charge in [0.1, 0.15) is 0 Å². The maximum absolute atomic E-state index is 9.25. The number of hydrogen-bond acceptors (Lipinski definition) is 8. The summed E-state index contributed by atoms with van der Waals surface area (Å²) in [6, 6.07) is 0. The third kappa shape index (κ3) is 11.9. The zero-order chi connectivity index (χ0) is 19.0. The second-order valence-electron chi connectivity index (χ2n) is 7.03. The van der Waals surface area contributed by atoms with E-state index in [4.69, 9.17) is 0 Å². The summed E-state index contributed by atoms with van der Waals surface area (Å²) in [5.41, 5.74) is 0. The first kappa shape index (κ1) is 23.4. The van der Waals surface area contributed by atoms with Crippen molar-refractivity contribution in [2.45, 2.75) is 0 Å². The van der Waals surface area contributed by atoms with Crippen molar-refractivity contribution in [1.29, 1.82) is 0 Å². The van der Waals surface area contributed by atoms with E-state index in [-0.39, 0.29) is 13.2 Å². The van der Waals surface area contributed by atoms with Gasteiger partial charge in [-0.2, -0.15) is 0 Å². The molecule has 0 bridgehead atoms. The van der Waals surface area contributed by atoms with E-state index in [9.17, 15) is 10.2 Å². The molecule has 0 aliphatic carbocycles. The molecule has 0 aromatic heterocycles. The predicted molar refractivity (Wildman–Crippen MR) is 108 cm³/mol. The van der Waals surface area contributed by atoms with Crippen molar-refractivity contribution in [3.05, 3.63) is 0 Å². The molecule has 8 heteroatoms. The van der Waals surface area contributed by atoms with Gasteiger partial charge >= 0.3 is 0 Å². The molecule has 0 aromatic carbocycles. The molecular formula is C18H40N6O2. The van der Waals surface area contributed by atoms with Gasteiger partial charge < -0.3 is 25.3 Å². The molecule has 26 heavy (non-hydrogen) atoms. The topological polar surface area (TPSA) is 77.8 Å². The smallest absolute Gasteiger partial charge is 0.0558 e. The highest BCUT2D eigenvalue weighted by Crippen LogP contribution is 1.93. The average molecular weight is 373 g/mol. The van der Waals surface area contributed by atoms with Crippen molar-refractivity contribution >= 4 is 6.21 Å². The Kier molecular flexibility index (Phi) is 13.9. The maximum Gasteiger partial charge on any atom is 0.0558 e. The highest BCUT2D eigenvalue weighted by Gasteiger charge is 2.08. The molecule has 0 spiro atoms. The highest BCUT2D eigenvalue weighted by molar-refractivity contribution is 5.59. The normalized spacial score (nSPS) is 22.9. The molecule has 0 atom stereocenters. The van der Waals surface area contributed by atoms with Gasteiger partial charge in [-0.3, -0.25) is 14.8 Å². The van der Waals surface area contributed by atoms with E-state index in [0.29, 0.717) is 6.54 Å². The van der Waals surface area contributed by atoms with E-state index in [1.54, 1.807) is 0 Å². The van der Waals surface area contributed by atoms with Crippen LogP contribution >= 0.6 is 0 Å². The largest absolute Gasteiger partial charge is 0.395 e. The van der Waals surface area contributed by atoms with Crippen molar-refractivity contribution in [2.24, 2.45) is 4.99 Å². The molecule has 0 amide bonds. The summed E-state index contributed by atoms with van der Waals surface area (Å²) >= 11 is 0. The van der Waals surface area contributed by atoms with Crippen LogP contribution in [0.3, 0.4) is 0 Å². The third-order valence-electron chi connectivity index (χ3n) is 4.78. The van der Waals surface area contributed by atoms with Gasteiger partial charge in [-0.1, -0.05) is 0 Å². The van der Waals surface area contributed by atoms with Crippen molar-refractivity contribution in [3.63, 3.8) is 0 Å². The number of rotatable bonds is 4. The number of nitrogens with zero attached hydrogens (tertiary/aromatic N) is 5. The molecule has 0 saturated heterocycles. The minimum absolute atomic E-state index is 0.187. The summed E-state index contributed by atoms with van der Waals surface area (Å²) in [5.74, 6) is 0. The number of aliphatic hydroxyl groups excluding tert-OH is 2. The van der Waals surface area contributed by atoms with Crippen LogP contribution in [0.5, 0.6) is 0 Å². The van der Waals surface area contributed by atoms with Crippen LogP contribution in [0.25, 0.3) is 0 Å². The predicted octanol–water partition coefficient (Wildman–Crippen LogP) is -1.89. The molecule has 1 heterocycles. The van der Waals surface area contributed by atoms with Gasteiger partial charge in [-0.15, -0.1) is 0 Å². The van der Waals surface area contributed by atoms with Crippen LogP contribution < -0.4 is 5.32 Å². The molecule has 3 N–H and O–H groups in total. The number of aliphatic imine (C=N–C) groups is 1. The summed E-state index contributed by atoms with van der Waals surface area (Å²) in [7, 11) is 4.26. The Morgan fingerprint density at radius 2 is 1.42 bits per heavy atom. The Morgan fingerprint density at radius 3 is 2.15 bits per heavy atom. The van der Waals surface area contributed by atoms with Crippen molar-refractivity contribution in [2.75, 3.05) is 112 Å². The molecule has 1 aliphatic heterocycles. The van der Waals surface area contributed by atoms with Crippen molar-refractivity contribution in [3.8, 4) is 0 Å². The van der Waals surface area contributed by atoms with E-state index in [0.717, 1.165) is 78.5 Å². The van der Waals surface area contributed by atoms with E-state index >= 15 is 0 Å². The van der Waals surface area contributed by atoms with Crippen LogP contribution in [0.1, 0.15) is 0 Å². The fraction of sp³-hybridized carbons (Fsp3) is 0.944. The van der Waals surface area contributed by atoms with E-state index < -0.39 is 0 Å². The first-order valence-corrected chi connectivity index (χ1v) is 9.88. The minimum Gasteiger partial charge on any atom is -0.395 e. The maximum atomic E-state index is 9.25.